The van der Waals surface area contributed by atoms with Crippen molar-refractivity contribution < 1.29 is 9.59 Å². The Morgan fingerprint density at radius 2 is 1.48 bits per heavy atom. The zero-order valence-electron chi connectivity index (χ0n) is 19.1. The number of carbonyl (C=O) groups is 2. The molecule has 2 amide bonds. The van der Waals surface area contributed by atoms with Crippen molar-refractivity contribution in [2.24, 2.45) is 5.92 Å². The van der Waals surface area contributed by atoms with Gasteiger partial charge in [0.15, 0.2) is 0 Å². The van der Waals surface area contributed by atoms with Crippen LogP contribution in [-0.4, -0.2) is 36.3 Å². The molecule has 5 nitrogen and oxygen atoms in total. The molecule has 0 aliphatic carbocycles. The van der Waals surface area contributed by atoms with Crippen molar-refractivity contribution in [3.8, 4) is 0 Å². The van der Waals surface area contributed by atoms with Crippen molar-refractivity contribution in [3.63, 3.8) is 0 Å². The topological polar surface area (TPSA) is 52.7 Å². The average molecular weight is 442 g/mol. The summed E-state index contributed by atoms with van der Waals surface area (Å²) in [5, 5.41) is 2.99. The van der Waals surface area contributed by atoms with Gasteiger partial charge in [0, 0.05) is 36.9 Å². The van der Waals surface area contributed by atoms with Crippen LogP contribution in [0.4, 0.5) is 11.4 Å². The van der Waals surface area contributed by atoms with Crippen LogP contribution in [-0.2, 0) is 16.1 Å². The van der Waals surface area contributed by atoms with Crippen molar-refractivity contribution in [2.75, 3.05) is 29.9 Å². The number of carbonyl (C=O) groups excluding carboxylic acids is 2. The molecule has 3 aromatic rings. The summed E-state index contributed by atoms with van der Waals surface area (Å²) in [7, 11) is 0. The summed E-state index contributed by atoms with van der Waals surface area (Å²) in [6.07, 6.45) is 1.38. The molecule has 33 heavy (non-hydrogen) atoms. The van der Waals surface area contributed by atoms with Gasteiger partial charge in [-0.05, 0) is 49.6 Å². The highest BCUT2D eigenvalue weighted by molar-refractivity contribution is 5.92. The highest BCUT2D eigenvalue weighted by Gasteiger charge is 2.28. The van der Waals surface area contributed by atoms with Crippen LogP contribution in [0.25, 0.3) is 0 Å². The second-order valence-electron chi connectivity index (χ2n) is 8.69. The van der Waals surface area contributed by atoms with Crippen LogP contribution < -0.4 is 10.2 Å². The lowest BCUT2D eigenvalue weighted by atomic mass is 9.95. The number of anilines is 2. The van der Waals surface area contributed by atoms with E-state index in [9.17, 15) is 9.59 Å². The molecule has 1 fully saturated rings. The van der Waals surface area contributed by atoms with Crippen molar-refractivity contribution in [3.05, 3.63) is 96.1 Å². The Labute approximate surface area is 196 Å². The Bertz CT molecular complexity index is 1040. The molecule has 1 saturated heterocycles. The number of para-hydroxylation sites is 1. The molecule has 170 valence electrons. The SMILES string of the molecule is Cc1ccc(N(CC(=O)N2CCC(C(=O)Nc3ccccc3)CC2)Cc2ccccc2)cc1. The first-order valence-electron chi connectivity index (χ1n) is 11.6. The van der Waals surface area contributed by atoms with Gasteiger partial charge in [0.1, 0.15) is 0 Å². The van der Waals surface area contributed by atoms with Crippen molar-refractivity contribution >= 4 is 23.2 Å². The van der Waals surface area contributed by atoms with E-state index in [2.05, 4.69) is 53.5 Å². The Morgan fingerprint density at radius 1 is 0.879 bits per heavy atom. The number of aryl methyl sites for hydroxylation is 1. The summed E-state index contributed by atoms with van der Waals surface area (Å²) >= 11 is 0. The van der Waals surface area contributed by atoms with E-state index >= 15 is 0 Å². The minimum absolute atomic E-state index is 0.0404. The predicted molar refractivity (Wildman–Crippen MR) is 133 cm³/mol. The number of amides is 2. The summed E-state index contributed by atoms with van der Waals surface area (Å²) in [4.78, 5) is 29.8. The number of hydrogen-bond donors (Lipinski definition) is 1. The molecular formula is C28H31N3O2. The molecule has 1 heterocycles. The summed E-state index contributed by atoms with van der Waals surface area (Å²) < 4.78 is 0. The molecule has 5 heteroatoms. The first-order chi connectivity index (χ1) is 16.1. The maximum atomic E-state index is 13.2. The second kappa shape index (κ2) is 10.8. The lowest BCUT2D eigenvalue weighted by Crippen LogP contribution is -2.45. The minimum atomic E-state index is -0.0632. The second-order valence-corrected chi connectivity index (χ2v) is 8.69. The van der Waals surface area contributed by atoms with Gasteiger partial charge >= 0.3 is 0 Å². The maximum Gasteiger partial charge on any atom is 0.242 e. The Kier molecular flexibility index (Phi) is 7.40. The van der Waals surface area contributed by atoms with Crippen LogP contribution in [0.1, 0.15) is 24.0 Å². The third-order valence-corrected chi connectivity index (χ3v) is 6.20. The summed E-state index contributed by atoms with van der Waals surface area (Å²) in [5.41, 5.74) is 4.22. The standard InChI is InChI=1S/C28H31N3O2/c1-22-12-14-26(15-13-22)31(20-23-8-4-2-5-9-23)21-27(32)30-18-16-24(17-19-30)28(33)29-25-10-6-3-7-11-25/h2-15,24H,16-21H2,1H3,(H,29,33). The summed E-state index contributed by atoms with van der Waals surface area (Å²) in [5.74, 6) is 0.0823. The number of hydrogen-bond acceptors (Lipinski definition) is 3. The lowest BCUT2D eigenvalue weighted by Gasteiger charge is -2.33. The number of nitrogens with zero attached hydrogens (tertiary/aromatic N) is 2. The van der Waals surface area contributed by atoms with E-state index in [1.807, 2.05) is 53.4 Å². The first-order valence-corrected chi connectivity index (χ1v) is 11.6. The van der Waals surface area contributed by atoms with E-state index in [-0.39, 0.29) is 17.7 Å². The Balaban J connectivity index is 1.36. The predicted octanol–water partition coefficient (Wildman–Crippen LogP) is 4.88. The highest BCUT2D eigenvalue weighted by atomic mass is 16.2. The summed E-state index contributed by atoms with van der Waals surface area (Å²) in [6, 6.07) is 28.1. The molecule has 0 radical (unpaired) electrons. The molecule has 3 aromatic carbocycles. The number of benzene rings is 3. The fourth-order valence-corrected chi connectivity index (χ4v) is 4.22. The number of likely N-dealkylation sites (tertiary alicyclic amines) is 1. The van der Waals surface area contributed by atoms with Crippen molar-refractivity contribution in [1.82, 2.24) is 4.90 Å². The van der Waals surface area contributed by atoms with Gasteiger partial charge in [0.05, 0.1) is 6.54 Å². The number of nitrogens with one attached hydrogen (secondary N) is 1. The quantitative estimate of drug-likeness (QED) is 0.569. The molecule has 4 rings (SSSR count). The van der Waals surface area contributed by atoms with E-state index in [1.54, 1.807) is 0 Å². The van der Waals surface area contributed by atoms with Gasteiger partial charge in [-0.2, -0.15) is 0 Å². The Hall–Kier alpha value is -3.60. The average Bonchev–Trinajstić information content (AvgIpc) is 2.85. The number of rotatable bonds is 7. The van der Waals surface area contributed by atoms with Crippen molar-refractivity contribution in [1.29, 1.82) is 0 Å². The highest BCUT2D eigenvalue weighted by Crippen LogP contribution is 2.22. The smallest absolute Gasteiger partial charge is 0.242 e. The fraction of sp³-hybridized carbons (Fsp3) is 0.286. The molecule has 1 aliphatic heterocycles. The maximum absolute atomic E-state index is 13.2. The number of piperidine rings is 1. The van der Waals surface area contributed by atoms with Crippen LogP contribution in [0.15, 0.2) is 84.9 Å². The van der Waals surface area contributed by atoms with Gasteiger partial charge < -0.3 is 15.1 Å². The minimum Gasteiger partial charge on any atom is -0.358 e. The van der Waals surface area contributed by atoms with Crippen molar-refractivity contribution in [2.45, 2.75) is 26.3 Å². The van der Waals surface area contributed by atoms with E-state index in [0.717, 1.165) is 11.4 Å². The zero-order valence-corrected chi connectivity index (χ0v) is 19.1. The van der Waals surface area contributed by atoms with E-state index in [0.29, 0.717) is 39.0 Å². The van der Waals surface area contributed by atoms with Crippen LogP contribution >= 0.6 is 0 Å². The third-order valence-electron chi connectivity index (χ3n) is 6.20. The fourth-order valence-electron chi connectivity index (χ4n) is 4.22. The first kappa shape index (κ1) is 22.6. The van der Waals surface area contributed by atoms with Gasteiger partial charge in [0.2, 0.25) is 11.8 Å². The molecule has 0 bridgehead atoms. The molecular weight excluding hydrogens is 410 g/mol. The van der Waals surface area contributed by atoms with Gasteiger partial charge in [-0.3, -0.25) is 9.59 Å². The van der Waals surface area contributed by atoms with Gasteiger partial charge in [-0.25, -0.2) is 0 Å². The monoisotopic (exact) mass is 441 g/mol. The van der Waals surface area contributed by atoms with Crippen LogP contribution in [0.2, 0.25) is 0 Å². The largest absolute Gasteiger partial charge is 0.358 e. The van der Waals surface area contributed by atoms with Gasteiger partial charge in [-0.15, -0.1) is 0 Å². The van der Waals surface area contributed by atoms with Crippen LogP contribution in [0, 0.1) is 12.8 Å². The Morgan fingerprint density at radius 3 is 2.12 bits per heavy atom. The molecule has 0 atom stereocenters. The van der Waals surface area contributed by atoms with E-state index in [1.165, 1.54) is 11.1 Å². The molecule has 0 aromatic heterocycles. The molecule has 0 spiro atoms. The lowest BCUT2D eigenvalue weighted by molar-refractivity contribution is -0.133. The van der Waals surface area contributed by atoms with E-state index < -0.39 is 0 Å². The normalized spacial score (nSPS) is 14.0. The van der Waals surface area contributed by atoms with Gasteiger partial charge in [0.25, 0.3) is 0 Å². The van der Waals surface area contributed by atoms with E-state index in [4.69, 9.17) is 0 Å². The molecule has 0 saturated carbocycles. The molecule has 0 unspecified atom stereocenters. The van der Waals surface area contributed by atoms with Gasteiger partial charge in [-0.1, -0.05) is 66.2 Å². The third kappa shape index (κ3) is 6.22. The molecule has 1 N–H and O–H groups in total. The van der Waals surface area contributed by atoms with Crippen LogP contribution in [0.3, 0.4) is 0 Å². The zero-order chi connectivity index (χ0) is 23.0. The van der Waals surface area contributed by atoms with Crippen LogP contribution in [0.5, 0.6) is 0 Å². The summed E-state index contributed by atoms with van der Waals surface area (Å²) in [6.45, 7) is 4.27. The molecule has 1 aliphatic rings.